The van der Waals surface area contributed by atoms with Crippen LogP contribution in [0.15, 0.2) is 5.38 Å². The molecule has 0 radical (unpaired) electrons. The van der Waals surface area contributed by atoms with E-state index in [1.807, 2.05) is 0 Å². The first-order valence-corrected chi connectivity index (χ1v) is 8.95. The van der Waals surface area contributed by atoms with Crippen LogP contribution in [0.1, 0.15) is 64.6 Å². The zero-order valence-electron chi connectivity index (χ0n) is 13.4. The van der Waals surface area contributed by atoms with Crippen molar-refractivity contribution in [1.82, 2.24) is 10.3 Å². The van der Waals surface area contributed by atoms with Crippen LogP contribution in [-0.4, -0.2) is 24.6 Å². The van der Waals surface area contributed by atoms with Crippen LogP contribution < -0.4 is 10.2 Å². The average Bonchev–Trinajstić information content (AvgIpc) is 2.97. The van der Waals surface area contributed by atoms with E-state index in [1.54, 1.807) is 11.3 Å². The largest absolute Gasteiger partial charge is 0.348 e. The number of rotatable bonds is 6. The Morgan fingerprint density at radius 1 is 1.35 bits per heavy atom. The Kier molecular flexibility index (Phi) is 5.85. The molecule has 4 heteroatoms. The van der Waals surface area contributed by atoms with Gasteiger partial charge in [0.05, 0.1) is 5.69 Å². The van der Waals surface area contributed by atoms with Gasteiger partial charge in [0.1, 0.15) is 0 Å². The highest BCUT2D eigenvalue weighted by molar-refractivity contribution is 7.13. The maximum Gasteiger partial charge on any atom is 0.185 e. The van der Waals surface area contributed by atoms with E-state index in [2.05, 4.69) is 43.4 Å². The fourth-order valence-corrected chi connectivity index (χ4v) is 4.10. The van der Waals surface area contributed by atoms with Gasteiger partial charge in [0.15, 0.2) is 5.13 Å². The summed E-state index contributed by atoms with van der Waals surface area (Å²) in [5, 5.41) is 6.82. The molecule has 1 aliphatic carbocycles. The predicted octanol–water partition coefficient (Wildman–Crippen LogP) is 4.22. The lowest BCUT2D eigenvalue weighted by Gasteiger charge is -2.34. The Morgan fingerprint density at radius 3 is 2.65 bits per heavy atom. The van der Waals surface area contributed by atoms with Gasteiger partial charge in [-0.3, -0.25) is 0 Å². The number of hydrogen-bond donors (Lipinski definition) is 1. The van der Waals surface area contributed by atoms with E-state index in [-0.39, 0.29) is 0 Å². The molecule has 0 amide bonds. The van der Waals surface area contributed by atoms with Crippen LogP contribution in [0.2, 0.25) is 0 Å². The van der Waals surface area contributed by atoms with Crippen LogP contribution in [0.3, 0.4) is 0 Å². The first-order chi connectivity index (χ1) is 9.65. The monoisotopic (exact) mass is 295 g/mol. The maximum absolute atomic E-state index is 4.83. The second kappa shape index (κ2) is 7.41. The number of nitrogens with one attached hydrogen (secondary N) is 1. The second-order valence-corrected chi connectivity index (χ2v) is 6.86. The Morgan fingerprint density at radius 2 is 2.05 bits per heavy atom. The number of hydrogen-bond acceptors (Lipinski definition) is 4. The van der Waals surface area contributed by atoms with Gasteiger partial charge >= 0.3 is 0 Å². The fourth-order valence-electron chi connectivity index (χ4n) is 3.14. The highest BCUT2D eigenvalue weighted by Crippen LogP contribution is 2.32. The summed E-state index contributed by atoms with van der Waals surface area (Å²) in [6.45, 7) is 7.64. The predicted molar refractivity (Wildman–Crippen MR) is 88.6 cm³/mol. The van der Waals surface area contributed by atoms with Gasteiger partial charge < -0.3 is 10.2 Å². The van der Waals surface area contributed by atoms with Crippen molar-refractivity contribution in [2.45, 2.75) is 65.0 Å². The van der Waals surface area contributed by atoms with Gasteiger partial charge in [0.25, 0.3) is 0 Å². The Labute approximate surface area is 127 Å². The molecule has 1 aromatic heterocycles. The van der Waals surface area contributed by atoms with Crippen molar-refractivity contribution in [2.75, 3.05) is 18.5 Å². The fraction of sp³-hybridized carbons (Fsp3) is 0.812. The van der Waals surface area contributed by atoms with E-state index in [4.69, 9.17) is 4.98 Å². The van der Waals surface area contributed by atoms with E-state index in [0.717, 1.165) is 12.5 Å². The highest BCUT2D eigenvalue weighted by atomic mass is 32.1. The van der Waals surface area contributed by atoms with Crippen molar-refractivity contribution in [3.8, 4) is 0 Å². The quantitative estimate of drug-likeness (QED) is 0.851. The van der Waals surface area contributed by atoms with E-state index in [0.29, 0.717) is 12.1 Å². The average molecular weight is 295 g/mol. The van der Waals surface area contributed by atoms with Gasteiger partial charge in [-0.25, -0.2) is 4.98 Å². The number of anilines is 1. The smallest absolute Gasteiger partial charge is 0.185 e. The van der Waals surface area contributed by atoms with E-state index < -0.39 is 0 Å². The highest BCUT2D eigenvalue weighted by Gasteiger charge is 2.24. The van der Waals surface area contributed by atoms with Crippen molar-refractivity contribution < 1.29 is 0 Å². The van der Waals surface area contributed by atoms with Gasteiger partial charge in [-0.1, -0.05) is 20.3 Å². The van der Waals surface area contributed by atoms with Gasteiger partial charge in [-0.15, -0.1) is 11.3 Å². The summed E-state index contributed by atoms with van der Waals surface area (Å²) in [6, 6.07) is 1.04. The third-order valence-corrected chi connectivity index (χ3v) is 5.66. The Balaban J connectivity index is 1.94. The van der Waals surface area contributed by atoms with Crippen molar-refractivity contribution >= 4 is 16.5 Å². The van der Waals surface area contributed by atoms with Crippen molar-refractivity contribution in [1.29, 1.82) is 0 Å². The SMILES string of the molecule is CCNC(C)c1csc(N(C)C2CCC(CC)CC2)n1. The molecule has 0 aliphatic heterocycles. The summed E-state index contributed by atoms with van der Waals surface area (Å²) >= 11 is 1.79. The third kappa shape index (κ3) is 3.73. The zero-order chi connectivity index (χ0) is 14.5. The molecule has 3 nitrogen and oxygen atoms in total. The van der Waals surface area contributed by atoms with Crippen LogP contribution in [0.5, 0.6) is 0 Å². The lowest BCUT2D eigenvalue weighted by Crippen LogP contribution is -2.35. The molecular weight excluding hydrogens is 266 g/mol. The molecule has 0 bridgehead atoms. The normalized spacial score (nSPS) is 24.6. The molecule has 1 unspecified atom stereocenters. The summed E-state index contributed by atoms with van der Waals surface area (Å²) in [5.74, 6) is 0.959. The standard InChI is InChI=1S/C16H29N3S/c1-5-13-7-9-14(10-8-13)19(4)16-18-15(11-20-16)12(3)17-6-2/h11-14,17H,5-10H2,1-4H3. The Bertz CT molecular complexity index is 396. The molecule has 1 saturated carbocycles. The Hall–Kier alpha value is -0.610. The van der Waals surface area contributed by atoms with Gasteiger partial charge in [-0.05, 0) is 45.1 Å². The minimum atomic E-state index is 0.356. The molecule has 114 valence electrons. The maximum atomic E-state index is 4.83. The molecule has 2 rings (SSSR count). The van der Waals surface area contributed by atoms with E-state index in [9.17, 15) is 0 Å². The molecular formula is C16H29N3S. The molecule has 1 atom stereocenters. The van der Waals surface area contributed by atoms with Crippen molar-refractivity contribution in [2.24, 2.45) is 5.92 Å². The lowest BCUT2D eigenvalue weighted by molar-refractivity contribution is 0.313. The zero-order valence-corrected chi connectivity index (χ0v) is 14.2. The van der Waals surface area contributed by atoms with Crippen molar-refractivity contribution in [3.05, 3.63) is 11.1 Å². The van der Waals surface area contributed by atoms with Gasteiger partial charge in [0.2, 0.25) is 0 Å². The van der Waals surface area contributed by atoms with Crippen molar-refractivity contribution in [3.63, 3.8) is 0 Å². The number of nitrogens with zero attached hydrogens (tertiary/aromatic N) is 2. The molecule has 1 aliphatic rings. The molecule has 1 heterocycles. The van der Waals surface area contributed by atoms with Crippen LogP contribution in [0, 0.1) is 5.92 Å². The molecule has 20 heavy (non-hydrogen) atoms. The van der Waals surface area contributed by atoms with E-state index >= 15 is 0 Å². The molecule has 0 spiro atoms. The van der Waals surface area contributed by atoms with Gasteiger partial charge in [0, 0.05) is 24.5 Å². The van der Waals surface area contributed by atoms with Crippen LogP contribution in [0.4, 0.5) is 5.13 Å². The molecule has 0 saturated heterocycles. The molecule has 1 N–H and O–H groups in total. The van der Waals surface area contributed by atoms with Gasteiger partial charge in [-0.2, -0.15) is 0 Å². The molecule has 1 aromatic rings. The first-order valence-electron chi connectivity index (χ1n) is 8.07. The van der Waals surface area contributed by atoms with Crippen LogP contribution in [-0.2, 0) is 0 Å². The summed E-state index contributed by atoms with van der Waals surface area (Å²) in [7, 11) is 2.22. The lowest BCUT2D eigenvalue weighted by atomic mass is 9.84. The second-order valence-electron chi connectivity index (χ2n) is 6.03. The third-order valence-electron chi connectivity index (χ3n) is 4.71. The topological polar surface area (TPSA) is 28.2 Å². The number of aromatic nitrogens is 1. The molecule has 1 fully saturated rings. The minimum absolute atomic E-state index is 0.356. The van der Waals surface area contributed by atoms with Crippen LogP contribution in [0.25, 0.3) is 0 Å². The minimum Gasteiger partial charge on any atom is -0.348 e. The summed E-state index contributed by atoms with van der Waals surface area (Å²) in [5.41, 5.74) is 1.18. The first kappa shape index (κ1) is 15.8. The number of thiazole rings is 1. The summed E-state index contributed by atoms with van der Waals surface area (Å²) in [4.78, 5) is 7.24. The summed E-state index contributed by atoms with van der Waals surface area (Å²) in [6.07, 6.45) is 6.77. The van der Waals surface area contributed by atoms with Crippen LogP contribution >= 0.6 is 11.3 Å². The molecule has 0 aromatic carbocycles. The van der Waals surface area contributed by atoms with E-state index in [1.165, 1.54) is 42.9 Å². The summed E-state index contributed by atoms with van der Waals surface area (Å²) < 4.78 is 0.